The highest BCUT2D eigenvalue weighted by Crippen LogP contribution is 2.28. The van der Waals surface area contributed by atoms with E-state index in [1.54, 1.807) is 31.5 Å². The molecule has 2 aromatic rings. The summed E-state index contributed by atoms with van der Waals surface area (Å²) in [4.78, 5) is 14.8. The highest BCUT2D eigenvalue weighted by Gasteiger charge is 2.09. The van der Waals surface area contributed by atoms with Crippen molar-refractivity contribution in [1.29, 1.82) is 0 Å². The van der Waals surface area contributed by atoms with Gasteiger partial charge in [-0.3, -0.25) is 4.79 Å². The number of rotatable bonds is 3. The minimum Gasteiger partial charge on any atom is -0.495 e. The van der Waals surface area contributed by atoms with E-state index in [1.165, 1.54) is 0 Å². The summed E-state index contributed by atoms with van der Waals surface area (Å²) in [6, 6.07) is 7.08. The number of H-pyrrole nitrogens is 1. The van der Waals surface area contributed by atoms with Crippen LogP contribution in [0.3, 0.4) is 0 Å². The van der Waals surface area contributed by atoms with Crippen molar-refractivity contribution in [2.45, 2.75) is 0 Å². The number of ether oxygens (including phenoxy) is 1. The van der Waals surface area contributed by atoms with Crippen LogP contribution in [0.4, 0.5) is 5.69 Å². The number of carbonyl (C=O) groups excluding carboxylic acids is 1. The summed E-state index contributed by atoms with van der Waals surface area (Å²) in [6.45, 7) is 0. The molecule has 0 unspecified atom stereocenters. The van der Waals surface area contributed by atoms with Crippen molar-refractivity contribution in [3.8, 4) is 5.75 Å². The van der Waals surface area contributed by atoms with E-state index in [-0.39, 0.29) is 5.91 Å². The number of hydrogen-bond donors (Lipinski definition) is 2. The fourth-order valence-corrected chi connectivity index (χ4v) is 2.19. The van der Waals surface area contributed by atoms with Crippen LogP contribution in [0.1, 0.15) is 10.5 Å². The van der Waals surface area contributed by atoms with Gasteiger partial charge in [-0.05, 0) is 50.1 Å². The molecule has 1 amide bonds. The van der Waals surface area contributed by atoms with Gasteiger partial charge in [-0.15, -0.1) is 0 Å². The quantitative estimate of drug-likeness (QED) is 0.859. The summed E-state index contributed by atoms with van der Waals surface area (Å²) in [7, 11) is 1.58. The van der Waals surface area contributed by atoms with Crippen LogP contribution in [0.2, 0.25) is 0 Å². The number of aromatic amines is 1. The maximum absolute atomic E-state index is 11.9. The van der Waals surface area contributed by atoms with Gasteiger partial charge in [-0.25, -0.2) is 0 Å². The first-order valence-corrected chi connectivity index (χ1v) is 6.67. The molecule has 0 saturated carbocycles. The normalized spacial score (nSPS) is 10.2. The zero-order valence-electron chi connectivity index (χ0n) is 9.46. The molecular weight excluding hydrogens is 364 g/mol. The number of carbonyl (C=O) groups is 1. The second kappa shape index (κ2) is 5.58. The third-order valence-corrected chi connectivity index (χ3v) is 3.41. The van der Waals surface area contributed by atoms with Crippen molar-refractivity contribution in [1.82, 2.24) is 4.98 Å². The molecule has 6 heteroatoms. The van der Waals surface area contributed by atoms with Gasteiger partial charge in [0.2, 0.25) is 0 Å². The maximum Gasteiger partial charge on any atom is 0.272 e. The molecule has 18 heavy (non-hydrogen) atoms. The monoisotopic (exact) mass is 372 g/mol. The minimum absolute atomic E-state index is 0.204. The number of amides is 1. The average Bonchev–Trinajstić information content (AvgIpc) is 2.78. The molecule has 0 aliphatic carbocycles. The number of anilines is 1. The topological polar surface area (TPSA) is 54.1 Å². The summed E-state index contributed by atoms with van der Waals surface area (Å²) >= 11 is 6.64. The largest absolute Gasteiger partial charge is 0.495 e. The van der Waals surface area contributed by atoms with E-state index in [4.69, 9.17) is 4.74 Å². The zero-order valence-corrected chi connectivity index (χ0v) is 12.6. The van der Waals surface area contributed by atoms with Gasteiger partial charge in [0.05, 0.1) is 11.6 Å². The lowest BCUT2D eigenvalue weighted by atomic mass is 10.3. The molecule has 0 radical (unpaired) electrons. The van der Waals surface area contributed by atoms with Gasteiger partial charge in [0.25, 0.3) is 5.91 Å². The number of aromatic nitrogens is 1. The molecule has 1 aromatic heterocycles. The molecule has 0 aliphatic heterocycles. The summed E-state index contributed by atoms with van der Waals surface area (Å²) in [5, 5.41) is 2.78. The van der Waals surface area contributed by atoms with E-state index < -0.39 is 0 Å². The second-order valence-electron chi connectivity index (χ2n) is 3.54. The van der Waals surface area contributed by atoms with Crippen molar-refractivity contribution in [3.05, 3.63) is 45.1 Å². The molecule has 2 N–H and O–H groups in total. The fourth-order valence-electron chi connectivity index (χ4n) is 1.43. The van der Waals surface area contributed by atoms with Crippen LogP contribution in [0, 0.1) is 0 Å². The molecule has 0 saturated heterocycles. The first-order valence-electron chi connectivity index (χ1n) is 5.09. The smallest absolute Gasteiger partial charge is 0.272 e. The van der Waals surface area contributed by atoms with Gasteiger partial charge in [0.1, 0.15) is 11.4 Å². The van der Waals surface area contributed by atoms with E-state index in [2.05, 4.69) is 42.2 Å². The first kappa shape index (κ1) is 13.2. The SMILES string of the molecule is COc1cc(NC(=O)c2cc(Br)c[nH]2)ccc1Br. The molecule has 0 bridgehead atoms. The molecule has 94 valence electrons. The van der Waals surface area contributed by atoms with Crippen molar-refractivity contribution in [2.24, 2.45) is 0 Å². The Morgan fingerprint density at radius 1 is 1.33 bits per heavy atom. The van der Waals surface area contributed by atoms with E-state index in [0.29, 0.717) is 17.1 Å². The fraction of sp³-hybridized carbons (Fsp3) is 0.0833. The van der Waals surface area contributed by atoms with Crippen molar-refractivity contribution >= 4 is 43.5 Å². The first-order chi connectivity index (χ1) is 8.60. The van der Waals surface area contributed by atoms with Crippen LogP contribution >= 0.6 is 31.9 Å². The molecule has 4 nitrogen and oxygen atoms in total. The van der Waals surface area contributed by atoms with E-state index in [9.17, 15) is 4.79 Å². The molecule has 1 heterocycles. The molecule has 0 spiro atoms. The zero-order chi connectivity index (χ0) is 13.1. The Morgan fingerprint density at radius 2 is 2.11 bits per heavy atom. The minimum atomic E-state index is -0.204. The van der Waals surface area contributed by atoms with Crippen LogP contribution in [0.5, 0.6) is 5.75 Å². The van der Waals surface area contributed by atoms with Gasteiger partial charge >= 0.3 is 0 Å². The highest BCUT2D eigenvalue weighted by molar-refractivity contribution is 9.10. The Kier molecular flexibility index (Phi) is 4.08. The molecule has 0 atom stereocenters. The van der Waals surface area contributed by atoms with Crippen molar-refractivity contribution < 1.29 is 9.53 Å². The molecule has 0 fully saturated rings. The number of methoxy groups -OCH3 is 1. The Labute approximate surface area is 121 Å². The van der Waals surface area contributed by atoms with E-state index >= 15 is 0 Å². The Bertz CT molecular complexity index is 581. The molecular formula is C12H10Br2N2O2. The lowest BCUT2D eigenvalue weighted by Gasteiger charge is -2.07. The number of halogens is 2. The Morgan fingerprint density at radius 3 is 2.72 bits per heavy atom. The molecule has 0 aliphatic rings. The molecule has 2 rings (SSSR count). The maximum atomic E-state index is 11.9. The van der Waals surface area contributed by atoms with Gasteiger partial charge in [-0.2, -0.15) is 0 Å². The van der Waals surface area contributed by atoms with E-state index in [1.807, 2.05) is 6.07 Å². The number of benzene rings is 1. The van der Waals surface area contributed by atoms with Gasteiger partial charge in [0, 0.05) is 22.4 Å². The van der Waals surface area contributed by atoms with Crippen LogP contribution in [0.15, 0.2) is 39.4 Å². The third-order valence-electron chi connectivity index (χ3n) is 2.30. The van der Waals surface area contributed by atoms with Gasteiger partial charge in [-0.1, -0.05) is 0 Å². The third kappa shape index (κ3) is 2.94. The summed E-state index contributed by atoms with van der Waals surface area (Å²) in [5.41, 5.74) is 1.16. The Hall–Kier alpha value is -1.27. The summed E-state index contributed by atoms with van der Waals surface area (Å²) in [5.74, 6) is 0.463. The number of hydrogen-bond acceptors (Lipinski definition) is 2. The van der Waals surface area contributed by atoms with Crippen molar-refractivity contribution in [3.63, 3.8) is 0 Å². The second-order valence-corrected chi connectivity index (χ2v) is 5.31. The highest BCUT2D eigenvalue weighted by atomic mass is 79.9. The van der Waals surface area contributed by atoms with Crippen LogP contribution < -0.4 is 10.1 Å². The molecule has 1 aromatic carbocycles. The predicted octanol–water partition coefficient (Wildman–Crippen LogP) is 3.80. The van der Waals surface area contributed by atoms with Gasteiger partial charge in [0.15, 0.2) is 0 Å². The average molecular weight is 374 g/mol. The summed E-state index contributed by atoms with van der Waals surface area (Å²) in [6.07, 6.45) is 1.71. The summed E-state index contributed by atoms with van der Waals surface area (Å²) < 4.78 is 6.84. The van der Waals surface area contributed by atoms with Crippen LogP contribution in [0.25, 0.3) is 0 Å². The van der Waals surface area contributed by atoms with Crippen LogP contribution in [-0.4, -0.2) is 18.0 Å². The lowest BCUT2D eigenvalue weighted by molar-refractivity contribution is 0.102. The van der Waals surface area contributed by atoms with E-state index in [0.717, 1.165) is 8.95 Å². The predicted molar refractivity (Wildman–Crippen MR) is 77.1 cm³/mol. The van der Waals surface area contributed by atoms with Crippen molar-refractivity contribution in [2.75, 3.05) is 12.4 Å². The van der Waals surface area contributed by atoms with Crippen LogP contribution in [-0.2, 0) is 0 Å². The Balaban J connectivity index is 2.16. The standard InChI is InChI=1S/C12H10Br2N2O2/c1-18-11-5-8(2-3-9(11)14)16-12(17)10-4-7(13)6-15-10/h2-6,15H,1H3,(H,16,17). The van der Waals surface area contributed by atoms with Gasteiger partial charge < -0.3 is 15.0 Å². The lowest BCUT2D eigenvalue weighted by Crippen LogP contribution is -2.12. The number of nitrogens with one attached hydrogen (secondary N) is 2.